The lowest BCUT2D eigenvalue weighted by Gasteiger charge is -2.17. The highest BCUT2D eigenvalue weighted by atomic mass is 32.2. The zero-order chi connectivity index (χ0) is 21.8. The second-order valence-corrected chi connectivity index (χ2v) is 11.0. The van der Waals surface area contributed by atoms with E-state index in [1.807, 2.05) is 11.6 Å². The quantitative estimate of drug-likeness (QED) is 0.371. The normalized spacial score (nSPS) is 14.3. The second-order valence-electron chi connectivity index (χ2n) is 6.80. The summed E-state index contributed by atoms with van der Waals surface area (Å²) in [6, 6.07) is 0. The molecule has 0 radical (unpaired) electrons. The Labute approximate surface area is 168 Å². The minimum Gasteiger partial charge on any atom is -0.463 e. The Hall–Kier alpha value is -1.20. The van der Waals surface area contributed by atoms with Crippen molar-refractivity contribution in [3.05, 3.63) is 0 Å². The summed E-state index contributed by atoms with van der Waals surface area (Å²) in [4.78, 5) is 23.6. The maximum atomic E-state index is 11.9. The molecule has 0 aliphatic heterocycles. The molecule has 0 amide bonds. The van der Waals surface area contributed by atoms with E-state index < -0.39 is 50.2 Å². The molecule has 0 fully saturated rings. The third-order valence-electron chi connectivity index (χ3n) is 4.01. The van der Waals surface area contributed by atoms with Gasteiger partial charge in [-0.15, -0.1) is 0 Å². The van der Waals surface area contributed by atoms with Crippen LogP contribution in [-0.4, -0.2) is 65.8 Å². The van der Waals surface area contributed by atoms with Crippen LogP contribution in [0.1, 0.15) is 52.9 Å². The van der Waals surface area contributed by atoms with Gasteiger partial charge in [0.1, 0.15) is 16.4 Å². The highest BCUT2D eigenvalue weighted by Crippen LogP contribution is 2.13. The van der Waals surface area contributed by atoms with Gasteiger partial charge >= 0.3 is 11.9 Å². The number of sulfone groups is 1. The van der Waals surface area contributed by atoms with E-state index in [9.17, 15) is 26.4 Å². The van der Waals surface area contributed by atoms with E-state index in [4.69, 9.17) is 9.47 Å². The number of sulfonamides is 1. The van der Waals surface area contributed by atoms with E-state index in [0.29, 0.717) is 0 Å². The molecular weight excluding hydrogens is 410 g/mol. The molecule has 28 heavy (non-hydrogen) atoms. The van der Waals surface area contributed by atoms with Gasteiger partial charge in [-0.3, -0.25) is 4.79 Å². The van der Waals surface area contributed by atoms with Crippen molar-refractivity contribution >= 4 is 31.8 Å². The molecule has 11 heteroatoms. The topological polar surface area (TPSA) is 133 Å². The van der Waals surface area contributed by atoms with Crippen molar-refractivity contribution < 1.29 is 35.9 Å². The van der Waals surface area contributed by atoms with Gasteiger partial charge in [0.05, 0.1) is 18.1 Å². The lowest BCUT2D eigenvalue weighted by molar-refractivity contribution is -0.166. The Bertz CT molecular complexity index is 688. The van der Waals surface area contributed by atoms with Gasteiger partial charge in [0.25, 0.3) is 0 Å². The Kier molecular flexibility index (Phi) is 12.5. The molecule has 0 rings (SSSR count). The molecule has 9 nitrogen and oxygen atoms in total. The van der Waals surface area contributed by atoms with Crippen LogP contribution in [0, 0.1) is 5.92 Å². The van der Waals surface area contributed by atoms with Crippen molar-refractivity contribution in [1.29, 1.82) is 0 Å². The van der Waals surface area contributed by atoms with Crippen LogP contribution < -0.4 is 4.72 Å². The minimum absolute atomic E-state index is 0.0808. The molecule has 2 atom stereocenters. The first kappa shape index (κ1) is 26.8. The Balaban J connectivity index is 4.27. The third-order valence-corrected chi connectivity index (χ3v) is 6.45. The van der Waals surface area contributed by atoms with E-state index in [2.05, 4.69) is 6.92 Å². The molecule has 166 valence electrons. The summed E-state index contributed by atoms with van der Waals surface area (Å²) in [5.41, 5.74) is 0. The maximum absolute atomic E-state index is 11.9. The van der Waals surface area contributed by atoms with Crippen LogP contribution in [0.25, 0.3) is 0 Å². The summed E-state index contributed by atoms with van der Waals surface area (Å²) in [6.07, 6.45) is 3.72. The Morgan fingerprint density at radius 1 is 1.04 bits per heavy atom. The van der Waals surface area contributed by atoms with Gasteiger partial charge in [0.2, 0.25) is 10.0 Å². The molecule has 0 aromatic heterocycles. The fourth-order valence-electron chi connectivity index (χ4n) is 2.25. The van der Waals surface area contributed by atoms with Crippen molar-refractivity contribution in [2.45, 2.75) is 59.0 Å². The van der Waals surface area contributed by atoms with Crippen LogP contribution >= 0.6 is 0 Å². The van der Waals surface area contributed by atoms with E-state index >= 15 is 0 Å². The first-order chi connectivity index (χ1) is 12.9. The van der Waals surface area contributed by atoms with Gasteiger partial charge in [-0.05, 0) is 25.7 Å². The van der Waals surface area contributed by atoms with E-state index in [-0.39, 0.29) is 24.7 Å². The van der Waals surface area contributed by atoms with Crippen molar-refractivity contribution in [2.24, 2.45) is 5.92 Å². The molecule has 2 unspecified atom stereocenters. The molecule has 0 aliphatic rings. The lowest BCUT2D eigenvalue weighted by atomic mass is 10.0. The predicted molar refractivity (Wildman–Crippen MR) is 106 cm³/mol. The number of hydrogen-bond donors (Lipinski definition) is 1. The molecule has 0 saturated heterocycles. The lowest BCUT2D eigenvalue weighted by Crippen LogP contribution is -2.36. The van der Waals surface area contributed by atoms with E-state index in [1.165, 1.54) is 6.92 Å². The number of carbonyl (C=O) groups is 2. The van der Waals surface area contributed by atoms with Gasteiger partial charge in [-0.25, -0.2) is 26.4 Å². The predicted octanol–water partition coefficient (Wildman–Crippen LogP) is 1.03. The van der Waals surface area contributed by atoms with Crippen molar-refractivity contribution in [3.8, 4) is 0 Å². The van der Waals surface area contributed by atoms with Gasteiger partial charge in [0.15, 0.2) is 6.10 Å². The molecule has 0 bridgehead atoms. The summed E-state index contributed by atoms with van der Waals surface area (Å²) in [5, 5.41) is 0. The number of carbonyl (C=O) groups excluding carboxylic acids is 2. The van der Waals surface area contributed by atoms with Crippen molar-refractivity contribution in [1.82, 2.24) is 4.72 Å². The number of rotatable bonds is 15. The first-order valence-corrected chi connectivity index (χ1v) is 13.1. The van der Waals surface area contributed by atoms with E-state index in [1.54, 1.807) is 0 Å². The average molecular weight is 444 g/mol. The fourth-order valence-corrected chi connectivity index (χ4v) is 4.11. The number of nitrogens with one attached hydrogen (secondary N) is 1. The smallest absolute Gasteiger partial charge is 0.347 e. The van der Waals surface area contributed by atoms with Crippen LogP contribution in [0.4, 0.5) is 0 Å². The zero-order valence-electron chi connectivity index (χ0n) is 17.1. The SMILES string of the molecule is CCCCC(CC)COC(=O)C(C)OC(=O)CNS(=O)(=O)CCCS(C)(=O)=O. The van der Waals surface area contributed by atoms with Crippen LogP contribution in [0.3, 0.4) is 0 Å². The molecule has 0 spiro atoms. The summed E-state index contributed by atoms with van der Waals surface area (Å²) in [5.74, 6) is -2.04. The van der Waals surface area contributed by atoms with E-state index in [0.717, 1.165) is 31.9 Å². The first-order valence-electron chi connectivity index (χ1n) is 9.41. The van der Waals surface area contributed by atoms with Gasteiger partial charge in [-0.2, -0.15) is 0 Å². The molecule has 0 heterocycles. The fraction of sp³-hybridized carbons (Fsp3) is 0.882. The van der Waals surface area contributed by atoms with Gasteiger partial charge in [0, 0.05) is 6.26 Å². The summed E-state index contributed by atoms with van der Waals surface area (Å²) >= 11 is 0. The maximum Gasteiger partial charge on any atom is 0.347 e. The second kappa shape index (κ2) is 13.1. The van der Waals surface area contributed by atoms with Crippen molar-refractivity contribution in [3.63, 3.8) is 0 Å². The van der Waals surface area contributed by atoms with Gasteiger partial charge < -0.3 is 9.47 Å². The minimum atomic E-state index is -3.82. The molecule has 1 N–H and O–H groups in total. The van der Waals surface area contributed by atoms with Crippen LogP contribution in [-0.2, 0) is 38.9 Å². The number of ether oxygens (including phenoxy) is 2. The largest absolute Gasteiger partial charge is 0.463 e. The van der Waals surface area contributed by atoms with Crippen LogP contribution in [0.2, 0.25) is 0 Å². The summed E-state index contributed by atoms with van der Waals surface area (Å²) in [7, 11) is -7.08. The van der Waals surface area contributed by atoms with Gasteiger partial charge in [-0.1, -0.05) is 33.1 Å². The average Bonchev–Trinajstić information content (AvgIpc) is 2.58. The highest BCUT2D eigenvalue weighted by molar-refractivity contribution is 7.91. The van der Waals surface area contributed by atoms with Crippen LogP contribution in [0.15, 0.2) is 0 Å². The molecule has 0 aromatic rings. The van der Waals surface area contributed by atoms with Crippen LogP contribution in [0.5, 0.6) is 0 Å². The molecule has 0 aliphatic carbocycles. The number of esters is 2. The standard InChI is InChI=1S/C17H33NO8S2/c1-5-7-9-15(6-2)13-25-17(20)14(3)26-16(19)12-18-28(23,24)11-8-10-27(4,21)22/h14-15,18H,5-13H2,1-4H3. The monoisotopic (exact) mass is 443 g/mol. The third kappa shape index (κ3) is 13.9. The summed E-state index contributed by atoms with van der Waals surface area (Å²) < 4.78 is 57.5. The zero-order valence-corrected chi connectivity index (χ0v) is 18.7. The molecule has 0 aromatic carbocycles. The molecule has 0 saturated carbocycles. The number of hydrogen-bond acceptors (Lipinski definition) is 8. The number of unbranched alkanes of at least 4 members (excludes halogenated alkanes) is 1. The van der Waals surface area contributed by atoms with Crippen molar-refractivity contribution in [2.75, 3.05) is 30.9 Å². The highest BCUT2D eigenvalue weighted by Gasteiger charge is 2.22. The Morgan fingerprint density at radius 3 is 2.21 bits per heavy atom. The molecular formula is C17H33NO8S2. The Morgan fingerprint density at radius 2 is 1.68 bits per heavy atom. The summed E-state index contributed by atoms with van der Waals surface area (Å²) in [6.45, 7) is 5.06.